The second kappa shape index (κ2) is 6.98. The minimum Gasteiger partial charge on any atom is -0.494 e. The number of benzene rings is 1. The van der Waals surface area contributed by atoms with Crippen LogP contribution in [0.25, 0.3) is 0 Å². The Hall–Kier alpha value is -2.11. The van der Waals surface area contributed by atoms with Crippen molar-refractivity contribution >= 4 is 11.9 Å². The van der Waals surface area contributed by atoms with Gasteiger partial charge in [-0.25, -0.2) is 9.18 Å². The number of rotatable bonds is 4. The summed E-state index contributed by atoms with van der Waals surface area (Å²) in [6, 6.07) is 4.06. The van der Waals surface area contributed by atoms with E-state index < -0.39 is 17.3 Å². The number of carbonyl (C=O) groups is 2. The van der Waals surface area contributed by atoms with E-state index in [9.17, 15) is 14.0 Å². The molecular formula is C17H22FNO4. The second-order valence-corrected chi connectivity index (χ2v) is 5.76. The summed E-state index contributed by atoms with van der Waals surface area (Å²) in [5.74, 6) is -1.31. The number of hydrogen-bond donors (Lipinski definition) is 0. The van der Waals surface area contributed by atoms with Crippen molar-refractivity contribution in [1.82, 2.24) is 4.90 Å². The summed E-state index contributed by atoms with van der Waals surface area (Å²) < 4.78 is 23.9. The van der Waals surface area contributed by atoms with Crippen LogP contribution in [0.3, 0.4) is 0 Å². The van der Waals surface area contributed by atoms with Gasteiger partial charge in [0.25, 0.3) is 5.91 Å². The molecule has 1 aromatic carbocycles. The average molecular weight is 323 g/mol. The Balaban J connectivity index is 2.31. The monoisotopic (exact) mass is 323 g/mol. The molecule has 126 valence electrons. The Kier molecular flexibility index (Phi) is 5.23. The number of likely N-dealkylation sites (tertiary alicyclic amines) is 1. The minimum absolute atomic E-state index is 0.0772. The molecule has 1 aliphatic rings. The normalized spacial score (nSPS) is 21.0. The molecule has 2 rings (SSSR count). The van der Waals surface area contributed by atoms with Crippen molar-refractivity contribution in [3.8, 4) is 5.75 Å². The first kappa shape index (κ1) is 17.2. The predicted molar refractivity (Wildman–Crippen MR) is 82.9 cm³/mol. The van der Waals surface area contributed by atoms with Gasteiger partial charge in [0.15, 0.2) is 11.6 Å². The summed E-state index contributed by atoms with van der Waals surface area (Å²) in [5, 5.41) is 0. The molecule has 1 fully saturated rings. The smallest absolute Gasteiger partial charge is 0.331 e. The lowest BCUT2D eigenvalue weighted by Crippen LogP contribution is -2.58. The van der Waals surface area contributed by atoms with Gasteiger partial charge in [-0.3, -0.25) is 4.79 Å². The molecule has 1 aromatic rings. The van der Waals surface area contributed by atoms with Gasteiger partial charge in [0.2, 0.25) is 0 Å². The van der Waals surface area contributed by atoms with Crippen LogP contribution in [-0.4, -0.2) is 42.6 Å². The summed E-state index contributed by atoms with van der Waals surface area (Å²) >= 11 is 0. The number of halogens is 1. The van der Waals surface area contributed by atoms with Crippen molar-refractivity contribution in [2.75, 3.05) is 20.3 Å². The summed E-state index contributed by atoms with van der Waals surface area (Å²) in [6.45, 7) is 4.15. The fourth-order valence-electron chi connectivity index (χ4n) is 2.90. The Morgan fingerprint density at radius 3 is 2.70 bits per heavy atom. The van der Waals surface area contributed by atoms with Gasteiger partial charge in [0.1, 0.15) is 5.54 Å². The Labute approximate surface area is 135 Å². The predicted octanol–water partition coefficient (Wildman–Crippen LogP) is 2.78. The third-order valence-electron chi connectivity index (χ3n) is 4.25. The quantitative estimate of drug-likeness (QED) is 0.800. The SMILES string of the molecule is CCOC(=O)C1(C)CCCCN1C(=O)c1ccc(OC)c(F)c1. The Morgan fingerprint density at radius 2 is 2.09 bits per heavy atom. The van der Waals surface area contributed by atoms with Crippen LogP contribution in [0.2, 0.25) is 0 Å². The fourth-order valence-corrected chi connectivity index (χ4v) is 2.90. The molecule has 1 saturated heterocycles. The van der Waals surface area contributed by atoms with E-state index in [0.717, 1.165) is 18.9 Å². The van der Waals surface area contributed by atoms with Crippen LogP contribution >= 0.6 is 0 Å². The van der Waals surface area contributed by atoms with Crippen molar-refractivity contribution in [2.45, 2.75) is 38.6 Å². The van der Waals surface area contributed by atoms with E-state index in [1.54, 1.807) is 13.8 Å². The number of ether oxygens (including phenoxy) is 2. The van der Waals surface area contributed by atoms with Gasteiger partial charge in [0.05, 0.1) is 13.7 Å². The molecule has 1 atom stereocenters. The molecule has 0 spiro atoms. The fraction of sp³-hybridized carbons (Fsp3) is 0.529. The van der Waals surface area contributed by atoms with Crippen LogP contribution < -0.4 is 4.74 Å². The van der Waals surface area contributed by atoms with Crippen LogP contribution in [0, 0.1) is 5.82 Å². The van der Waals surface area contributed by atoms with Crippen LogP contribution in [-0.2, 0) is 9.53 Å². The second-order valence-electron chi connectivity index (χ2n) is 5.76. The van der Waals surface area contributed by atoms with E-state index in [0.29, 0.717) is 13.0 Å². The number of nitrogens with zero attached hydrogens (tertiary/aromatic N) is 1. The zero-order chi connectivity index (χ0) is 17.0. The summed E-state index contributed by atoms with van der Waals surface area (Å²) in [7, 11) is 1.36. The Morgan fingerprint density at radius 1 is 1.35 bits per heavy atom. The molecule has 0 bridgehead atoms. The van der Waals surface area contributed by atoms with E-state index in [4.69, 9.17) is 9.47 Å². The van der Waals surface area contributed by atoms with Crippen LogP contribution in [0.4, 0.5) is 4.39 Å². The van der Waals surface area contributed by atoms with Gasteiger partial charge in [-0.1, -0.05) is 0 Å². The average Bonchev–Trinajstić information content (AvgIpc) is 2.54. The first-order valence-electron chi connectivity index (χ1n) is 7.76. The molecule has 1 unspecified atom stereocenters. The van der Waals surface area contributed by atoms with Crippen molar-refractivity contribution in [3.05, 3.63) is 29.6 Å². The molecule has 1 heterocycles. The highest BCUT2D eigenvalue weighted by Crippen LogP contribution is 2.31. The molecule has 23 heavy (non-hydrogen) atoms. The maximum atomic E-state index is 13.9. The highest BCUT2D eigenvalue weighted by atomic mass is 19.1. The van der Waals surface area contributed by atoms with Crippen molar-refractivity contribution in [2.24, 2.45) is 0 Å². The maximum absolute atomic E-state index is 13.9. The lowest BCUT2D eigenvalue weighted by atomic mass is 9.87. The number of esters is 1. The lowest BCUT2D eigenvalue weighted by molar-refractivity contribution is -0.157. The van der Waals surface area contributed by atoms with E-state index in [2.05, 4.69) is 0 Å². The molecular weight excluding hydrogens is 301 g/mol. The summed E-state index contributed by atoms with van der Waals surface area (Å²) in [6.07, 6.45) is 2.19. The lowest BCUT2D eigenvalue weighted by Gasteiger charge is -2.42. The van der Waals surface area contributed by atoms with E-state index >= 15 is 0 Å². The number of piperidine rings is 1. The highest BCUT2D eigenvalue weighted by Gasteiger charge is 2.45. The molecule has 5 nitrogen and oxygen atoms in total. The standard InChI is InChI=1S/C17H22FNO4/c1-4-23-16(21)17(2)9-5-6-10-19(17)15(20)12-7-8-14(22-3)13(18)11-12/h7-8,11H,4-6,9-10H2,1-3H3. The van der Waals surface area contributed by atoms with Crippen LogP contribution in [0.5, 0.6) is 5.75 Å². The number of carbonyl (C=O) groups excluding carboxylic acids is 2. The first-order valence-corrected chi connectivity index (χ1v) is 7.76. The van der Waals surface area contributed by atoms with Crippen molar-refractivity contribution in [3.63, 3.8) is 0 Å². The largest absolute Gasteiger partial charge is 0.494 e. The van der Waals surface area contributed by atoms with Gasteiger partial charge >= 0.3 is 5.97 Å². The van der Waals surface area contributed by atoms with Crippen LogP contribution in [0.15, 0.2) is 18.2 Å². The highest BCUT2D eigenvalue weighted by molar-refractivity contribution is 5.98. The van der Waals surface area contributed by atoms with Gasteiger partial charge in [0, 0.05) is 12.1 Å². The molecule has 0 radical (unpaired) electrons. The van der Waals surface area contributed by atoms with E-state index in [1.807, 2.05) is 0 Å². The number of amides is 1. The van der Waals surface area contributed by atoms with Crippen molar-refractivity contribution in [1.29, 1.82) is 0 Å². The molecule has 0 N–H and O–H groups in total. The van der Waals surface area contributed by atoms with Crippen molar-refractivity contribution < 1.29 is 23.5 Å². The topological polar surface area (TPSA) is 55.8 Å². The first-order chi connectivity index (χ1) is 10.9. The van der Waals surface area contributed by atoms with E-state index in [-0.39, 0.29) is 23.8 Å². The number of methoxy groups -OCH3 is 1. The van der Waals surface area contributed by atoms with Gasteiger partial charge in [-0.15, -0.1) is 0 Å². The maximum Gasteiger partial charge on any atom is 0.331 e. The molecule has 0 aromatic heterocycles. The van der Waals surface area contributed by atoms with Gasteiger partial charge < -0.3 is 14.4 Å². The zero-order valence-electron chi connectivity index (χ0n) is 13.7. The molecule has 1 aliphatic heterocycles. The third kappa shape index (κ3) is 3.30. The van der Waals surface area contributed by atoms with E-state index in [1.165, 1.54) is 24.1 Å². The molecule has 1 amide bonds. The van der Waals surface area contributed by atoms with Crippen LogP contribution in [0.1, 0.15) is 43.5 Å². The van der Waals surface area contributed by atoms with Gasteiger partial charge in [-0.05, 0) is 51.3 Å². The summed E-state index contributed by atoms with van der Waals surface area (Å²) in [4.78, 5) is 26.6. The molecule has 0 saturated carbocycles. The number of hydrogen-bond acceptors (Lipinski definition) is 4. The van der Waals surface area contributed by atoms with Gasteiger partial charge in [-0.2, -0.15) is 0 Å². The Bertz CT molecular complexity index is 604. The molecule has 6 heteroatoms. The molecule has 0 aliphatic carbocycles. The minimum atomic E-state index is -1.01. The zero-order valence-corrected chi connectivity index (χ0v) is 13.7. The third-order valence-corrected chi connectivity index (χ3v) is 4.25. The summed E-state index contributed by atoms with van der Waals surface area (Å²) in [5.41, 5.74) is -0.817.